The number of nitrogens with one attached hydrogen (secondary N) is 2. The molecule has 6 nitrogen and oxygen atoms in total. The Hall–Kier alpha value is -0.570. The van der Waals surface area contributed by atoms with Gasteiger partial charge < -0.3 is 15.5 Å². The summed E-state index contributed by atoms with van der Waals surface area (Å²) in [5.41, 5.74) is 0. The maximum absolute atomic E-state index is 11.9. The fourth-order valence-electron chi connectivity index (χ4n) is 3.64. The normalized spacial score (nSPS) is 22.4. The Kier molecular flexibility index (Phi) is 10.7. The summed E-state index contributed by atoms with van der Waals surface area (Å²) in [5.74, 6) is 0.843. The van der Waals surface area contributed by atoms with Crippen LogP contribution in [0.3, 0.4) is 0 Å². The first-order valence-corrected chi connectivity index (χ1v) is 9.59. The maximum Gasteiger partial charge on any atom is 0.243 e. The van der Waals surface area contributed by atoms with E-state index < -0.39 is 0 Å². The third-order valence-electron chi connectivity index (χ3n) is 5.23. The summed E-state index contributed by atoms with van der Waals surface area (Å²) in [6.45, 7) is 5.64. The topological polar surface area (TPSA) is 60.0 Å². The van der Waals surface area contributed by atoms with Gasteiger partial charge in [-0.05, 0) is 38.8 Å². The van der Waals surface area contributed by atoms with Crippen LogP contribution < -0.4 is 10.6 Å². The van der Waals surface area contributed by atoms with E-state index in [0.29, 0.717) is 12.1 Å². The summed E-state index contributed by atoms with van der Waals surface area (Å²) in [6.07, 6.45) is 8.84. The Balaban J connectivity index is 0.00000312. The predicted molar refractivity (Wildman–Crippen MR) is 115 cm³/mol. The number of rotatable bonds is 6. The van der Waals surface area contributed by atoms with Gasteiger partial charge in [0.1, 0.15) is 6.54 Å². The second-order valence-electron chi connectivity index (χ2n) is 7.24. The Bertz CT molecular complexity index is 424. The quantitative estimate of drug-likeness (QED) is 0.358. The zero-order valence-corrected chi connectivity index (χ0v) is 18.4. The van der Waals surface area contributed by atoms with E-state index in [0.717, 1.165) is 19.0 Å². The minimum Gasteiger partial charge on any atom is -0.355 e. The molecule has 2 rings (SSSR count). The first-order valence-electron chi connectivity index (χ1n) is 9.59. The van der Waals surface area contributed by atoms with Crippen LogP contribution in [0, 0.1) is 0 Å². The molecule has 1 saturated carbocycles. The Morgan fingerprint density at radius 2 is 1.88 bits per heavy atom. The van der Waals surface area contributed by atoms with Gasteiger partial charge in [0.15, 0.2) is 5.96 Å². The van der Waals surface area contributed by atoms with Crippen LogP contribution in [0.25, 0.3) is 0 Å². The number of guanidine groups is 1. The van der Waals surface area contributed by atoms with Crippen LogP contribution in [0.1, 0.15) is 51.9 Å². The summed E-state index contributed by atoms with van der Waals surface area (Å²) >= 11 is 0. The lowest BCUT2D eigenvalue weighted by Gasteiger charge is -2.27. The van der Waals surface area contributed by atoms with E-state index in [2.05, 4.69) is 27.4 Å². The minimum atomic E-state index is 0. The molecular weight excluding hydrogens is 429 g/mol. The third kappa shape index (κ3) is 7.68. The van der Waals surface area contributed by atoms with Crippen LogP contribution in [0.2, 0.25) is 0 Å². The number of halogens is 1. The van der Waals surface area contributed by atoms with Crippen molar-refractivity contribution in [1.29, 1.82) is 0 Å². The van der Waals surface area contributed by atoms with E-state index in [4.69, 9.17) is 0 Å². The molecule has 1 saturated heterocycles. The molecule has 1 aliphatic carbocycles. The molecule has 0 aromatic heterocycles. The molecule has 1 unspecified atom stereocenters. The second-order valence-corrected chi connectivity index (χ2v) is 7.24. The van der Waals surface area contributed by atoms with Crippen LogP contribution in [0.5, 0.6) is 0 Å². The molecule has 25 heavy (non-hydrogen) atoms. The molecule has 1 heterocycles. The summed E-state index contributed by atoms with van der Waals surface area (Å²) in [5, 5.41) is 7.05. The molecule has 1 amide bonds. The van der Waals surface area contributed by atoms with Gasteiger partial charge in [0.2, 0.25) is 5.91 Å². The summed E-state index contributed by atoms with van der Waals surface area (Å²) in [4.78, 5) is 20.5. The number of carbonyl (C=O) groups is 1. The SMILES string of the molecule is CCN1CCCC1CNC(=NCC(=O)N(C)C)NC1CCCCC1.I. The van der Waals surface area contributed by atoms with Gasteiger partial charge in [-0.1, -0.05) is 26.2 Å². The van der Waals surface area contributed by atoms with Crippen LogP contribution in [-0.2, 0) is 4.79 Å². The molecule has 2 N–H and O–H groups in total. The standard InChI is InChI=1S/C18H35N5O.HI/c1-4-23-12-8-11-16(23)13-19-18(20-14-17(24)22(2)3)21-15-9-6-5-7-10-15;/h15-16H,4-14H2,1-3H3,(H2,19,20,21);1H. The van der Waals surface area contributed by atoms with Gasteiger partial charge in [-0.2, -0.15) is 0 Å². The molecule has 0 radical (unpaired) electrons. The van der Waals surface area contributed by atoms with Gasteiger partial charge in [-0.25, -0.2) is 4.99 Å². The van der Waals surface area contributed by atoms with E-state index in [-0.39, 0.29) is 36.4 Å². The highest BCUT2D eigenvalue weighted by atomic mass is 127. The number of hydrogen-bond acceptors (Lipinski definition) is 3. The predicted octanol–water partition coefficient (Wildman–Crippen LogP) is 2.04. The van der Waals surface area contributed by atoms with Crippen LogP contribution >= 0.6 is 24.0 Å². The van der Waals surface area contributed by atoms with Gasteiger partial charge in [0, 0.05) is 32.7 Å². The van der Waals surface area contributed by atoms with Gasteiger partial charge in [0.05, 0.1) is 0 Å². The number of amides is 1. The highest BCUT2D eigenvalue weighted by molar-refractivity contribution is 14.0. The number of aliphatic imine (C=N–C) groups is 1. The summed E-state index contributed by atoms with van der Waals surface area (Å²) in [6, 6.07) is 1.07. The molecule has 7 heteroatoms. The lowest BCUT2D eigenvalue weighted by atomic mass is 9.96. The van der Waals surface area contributed by atoms with Crippen molar-refractivity contribution < 1.29 is 4.79 Å². The molecule has 2 fully saturated rings. The molecule has 0 bridgehead atoms. The molecule has 0 aromatic carbocycles. The van der Waals surface area contributed by atoms with E-state index in [1.807, 2.05) is 0 Å². The van der Waals surface area contributed by atoms with E-state index >= 15 is 0 Å². The van der Waals surface area contributed by atoms with Crippen molar-refractivity contribution in [2.45, 2.75) is 64.0 Å². The Morgan fingerprint density at radius 1 is 1.16 bits per heavy atom. The monoisotopic (exact) mass is 465 g/mol. The number of carbonyl (C=O) groups excluding carboxylic acids is 1. The highest BCUT2D eigenvalue weighted by Gasteiger charge is 2.23. The second kappa shape index (κ2) is 11.9. The van der Waals surface area contributed by atoms with Crippen molar-refractivity contribution in [3.8, 4) is 0 Å². The van der Waals surface area contributed by atoms with E-state index in [9.17, 15) is 4.79 Å². The highest BCUT2D eigenvalue weighted by Crippen LogP contribution is 2.18. The molecular formula is C18H36IN5O. The van der Waals surface area contributed by atoms with Gasteiger partial charge in [0.25, 0.3) is 0 Å². The Labute approximate surface area is 170 Å². The summed E-state index contributed by atoms with van der Waals surface area (Å²) < 4.78 is 0. The average Bonchev–Trinajstić information content (AvgIpc) is 3.05. The number of likely N-dealkylation sites (tertiary alicyclic amines) is 1. The molecule has 0 aromatic rings. The molecule has 146 valence electrons. The number of hydrogen-bond donors (Lipinski definition) is 2. The largest absolute Gasteiger partial charge is 0.355 e. The lowest BCUT2D eigenvalue weighted by molar-refractivity contribution is -0.127. The summed E-state index contributed by atoms with van der Waals surface area (Å²) in [7, 11) is 3.55. The molecule has 2 aliphatic rings. The van der Waals surface area contributed by atoms with Crippen molar-refractivity contribution in [2.75, 3.05) is 40.3 Å². The van der Waals surface area contributed by atoms with Crippen LogP contribution in [-0.4, -0.2) is 74.0 Å². The smallest absolute Gasteiger partial charge is 0.243 e. The molecule has 1 atom stereocenters. The number of likely N-dealkylation sites (N-methyl/N-ethyl adjacent to an activating group) is 2. The van der Waals surface area contributed by atoms with Crippen molar-refractivity contribution in [2.24, 2.45) is 4.99 Å². The first kappa shape index (κ1) is 22.5. The fourth-order valence-corrected chi connectivity index (χ4v) is 3.64. The van der Waals surface area contributed by atoms with E-state index in [1.165, 1.54) is 51.5 Å². The lowest BCUT2D eigenvalue weighted by Crippen LogP contribution is -2.48. The van der Waals surface area contributed by atoms with E-state index in [1.54, 1.807) is 19.0 Å². The zero-order valence-electron chi connectivity index (χ0n) is 16.1. The number of nitrogens with zero attached hydrogens (tertiary/aromatic N) is 3. The maximum atomic E-state index is 11.9. The fraction of sp³-hybridized carbons (Fsp3) is 0.889. The van der Waals surface area contributed by atoms with Gasteiger partial charge in [-0.15, -0.1) is 24.0 Å². The van der Waals surface area contributed by atoms with Crippen molar-refractivity contribution in [1.82, 2.24) is 20.4 Å². The van der Waals surface area contributed by atoms with Gasteiger partial charge in [-0.3, -0.25) is 9.69 Å². The third-order valence-corrected chi connectivity index (χ3v) is 5.23. The average molecular weight is 465 g/mol. The van der Waals surface area contributed by atoms with Gasteiger partial charge >= 0.3 is 0 Å². The Morgan fingerprint density at radius 3 is 2.52 bits per heavy atom. The van der Waals surface area contributed by atoms with Crippen LogP contribution in [0.15, 0.2) is 4.99 Å². The zero-order chi connectivity index (χ0) is 17.4. The van der Waals surface area contributed by atoms with Crippen LogP contribution in [0.4, 0.5) is 0 Å². The first-order chi connectivity index (χ1) is 11.6. The molecule has 0 spiro atoms. The molecule has 1 aliphatic heterocycles. The van der Waals surface area contributed by atoms with Crippen molar-refractivity contribution >= 4 is 35.8 Å². The van der Waals surface area contributed by atoms with Crippen molar-refractivity contribution in [3.63, 3.8) is 0 Å². The van der Waals surface area contributed by atoms with Crippen molar-refractivity contribution in [3.05, 3.63) is 0 Å². The minimum absolute atomic E-state index is 0.